The summed E-state index contributed by atoms with van der Waals surface area (Å²) in [7, 11) is 1.70. The predicted molar refractivity (Wildman–Crippen MR) is 102 cm³/mol. The number of benzene rings is 1. The van der Waals surface area contributed by atoms with E-state index in [0.29, 0.717) is 12.6 Å². The molecule has 1 aliphatic heterocycles. The SMILES string of the molecule is COCCc1nsc(NC2CCN(Cc3ccc(Br)cc3)CC2)n1. The highest BCUT2D eigenvalue weighted by Gasteiger charge is 2.20. The molecule has 1 fully saturated rings. The molecule has 7 heteroatoms. The standard InChI is InChI=1S/C17H23BrN4OS/c1-23-11-8-16-20-17(24-21-16)19-15-6-9-22(10-7-15)12-13-2-4-14(18)5-3-13/h2-5,15H,6-12H2,1H3,(H,19,20,21). The molecule has 24 heavy (non-hydrogen) atoms. The van der Waals surface area contributed by atoms with Crippen molar-refractivity contribution >= 4 is 32.6 Å². The van der Waals surface area contributed by atoms with E-state index in [1.165, 1.54) is 17.1 Å². The second-order valence-corrected chi connectivity index (χ2v) is 7.75. The minimum Gasteiger partial charge on any atom is -0.384 e. The van der Waals surface area contributed by atoms with E-state index in [-0.39, 0.29) is 0 Å². The normalized spacial score (nSPS) is 16.4. The summed E-state index contributed by atoms with van der Waals surface area (Å²) in [5.74, 6) is 0.872. The number of nitrogens with one attached hydrogen (secondary N) is 1. The van der Waals surface area contributed by atoms with Gasteiger partial charge in [-0.25, -0.2) is 4.98 Å². The molecule has 0 saturated carbocycles. The van der Waals surface area contributed by atoms with Gasteiger partial charge in [-0.15, -0.1) is 0 Å². The molecular formula is C17H23BrN4OS. The van der Waals surface area contributed by atoms with Gasteiger partial charge in [0.15, 0.2) is 0 Å². The summed E-state index contributed by atoms with van der Waals surface area (Å²) in [6.45, 7) is 3.93. The first-order valence-electron chi connectivity index (χ1n) is 8.28. The van der Waals surface area contributed by atoms with Crippen LogP contribution in [0.1, 0.15) is 24.2 Å². The number of rotatable bonds is 7. The second kappa shape index (κ2) is 8.89. The van der Waals surface area contributed by atoms with Gasteiger partial charge in [0.05, 0.1) is 6.61 Å². The Bertz CT molecular complexity index is 626. The molecule has 1 aromatic heterocycles. The summed E-state index contributed by atoms with van der Waals surface area (Å²) >= 11 is 4.94. The molecule has 0 radical (unpaired) electrons. The molecule has 0 amide bonds. The molecule has 5 nitrogen and oxygen atoms in total. The van der Waals surface area contributed by atoms with Crippen molar-refractivity contribution in [3.05, 3.63) is 40.1 Å². The number of halogens is 1. The Labute approximate surface area is 155 Å². The highest BCUT2D eigenvalue weighted by Crippen LogP contribution is 2.20. The van der Waals surface area contributed by atoms with Crippen LogP contribution in [0.15, 0.2) is 28.7 Å². The van der Waals surface area contributed by atoms with Gasteiger partial charge in [0, 0.05) is 55.2 Å². The van der Waals surface area contributed by atoms with Gasteiger partial charge >= 0.3 is 0 Å². The van der Waals surface area contributed by atoms with Crippen LogP contribution in [0.4, 0.5) is 5.13 Å². The zero-order valence-corrected chi connectivity index (χ0v) is 16.3. The van der Waals surface area contributed by atoms with Crippen molar-refractivity contribution in [1.82, 2.24) is 14.3 Å². The number of ether oxygens (including phenoxy) is 1. The van der Waals surface area contributed by atoms with E-state index in [1.807, 2.05) is 0 Å². The molecule has 0 atom stereocenters. The van der Waals surface area contributed by atoms with Crippen LogP contribution in [0.2, 0.25) is 0 Å². The number of anilines is 1. The van der Waals surface area contributed by atoms with Gasteiger partial charge in [-0.05, 0) is 30.5 Å². The molecule has 1 aliphatic rings. The Balaban J connectivity index is 1.43. The van der Waals surface area contributed by atoms with Crippen LogP contribution in [-0.2, 0) is 17.7 Å². The molecular weight excluding hydrogens is 388 g/mol. The Morgan fingerprint density at radius 1 is 1.29 bits per heavy atom. The molecule has 0 spiro atoms. The molecule has 1 N–H and O–H groups in total. The summed E-state index contributed by atoms with van der Waals surface area (Å²) in [6.07, 6.45) is 3.06. The minimum absolute atomic E-state index is 0.495. The first-order chi connectivity index (χ1) is 11.7. The van der Waals surface area contributed by atoms with Gasteiger partial charge in [-0.1, -0.05) is 28.1 Å². The summed E-state index contributed by atoms with van der Waals surface area (Å²) in [4.78, 5) is 7.05. The monoisotopic (exact) mass is 410 g/mol. The van der Waals surface area contributed by atoms with Gasteiger partial charge in [0.2, 0.25) is 5.13 Å². The number of piperidine rings is 1. The van der Waals surface area contributed by atoms with Crippen LogP contribution >= 0.6 is 27.5 Å². The molecule has 0 unspecified atom stereocenters. The molecule has 0 bridgehead atoms. The fraction of sp³-hybridized carbons (Fsp3) is 0.529. The number of likely N-dealkylation sites (tertiary alicyclic amines) is 1. The number of hydrogen-bond acceptors (Lipinski definition) is 6. The molecule has 1 aromatic carbocycles. The Morgan fingerprint density at radius 3 is 2.75 bits per heavy atom. The maximum atomic E-state index is 5.07. The van der Waals surface area contributed by atoms with Crippen molar-refractivity contribution < 1.29 is 4.74 Å². The van der Waals surface area contributed by atoms with E-state index >= 15 is 0 Å². The van der Waals surface area contributed by atoms with Crippen LogP contribution in [0.3, 0.4) is 0 Å². The van der Waals surface area contributed by atoms with E-state index in [0.717, 1.165) is 54.3 Å². The molecule has 1 saturated heterocycles. The molecule has 0 aliphatic carbocycles. The van der Waals surface area contributed by atoms with Crippen molar-refractivity contribution in [2.45, 2.75) is 31.8 Å². The number of aromatic nitrogens is 2. The lowest BCUT2D eigenvalue weighted by atomic mass is 10.0. The van der Waals surface area contributed by atoms with Crippen molar-refractivity contribution in [3.8, 4) is 0 Å². The Morgan fingerprint density at radius 2 is 2.04 bits per heavy atom. The van der Waals surface area contributed by atoms with Gasteiger partial charge in [-0.3, -0.25) is 4.90 Å². The second-order valence-electron chi connectivity index (χ2n) is 6.08. The van der Waals surface area contributed by atoms with Gasteiger partial charge in [-0.2, -0.15) is 4.37 Å². The van der Waals surface area contributed by atoms with E-state index in [4.69, 9.17) is 4.74 Å². The fourth-order valence-electron chi connectivity index (χ4n) is 2.87. The number of methoxy groups -OCH3 is 1. The van der Waals surface area contributed by atoms with Crippen LogP contribution in [0.25, 0.3) is 0 Å². The molecule has 2 aromatic rings. The highest BCUT2D eigenvalue weighted by atomic mass is 79.9. The third-order valence-electron chi connectivity index (χ3n) is 4.23. The maximum Gasteiger partial charge on any atom is 0.202 e. The molecule has 3 rings (SSSR count). The topological polar surface area (TPSA) is 50.3 Å². The zero-order chi connectivity index (χ0) is 16.8. The Hall–Kier alpha value is -1.02. The van der Waals surface area contributed by atoms with E-state index in [2.05, 4.69) is 59.8 Å². The minimum atomic E-state index is 0.495. The van der Waals surface area contributed by atoms with E-state index < -0.39 is 0 Å². The largest absolute Gasteiger partial charge is 0.384 e. The summed E-state index contributed by atoms with van der Waals surface area (Å²) in [5, 5.41) is 4.48. The van der Waals surface area contributed by atoms with Crippen molar-refractivity contribution in [2.75, 3.05) is 32.1 Å². The first kappa shape index (κ1) is 17.8. The molecule has 2 heterocycles. The fourth-order valence-corrected chi connectivity index (χ4v) is 3.82. The first-order valence-corrected chi connectivity index (χ1v) is 9.84. The predicted octanol–water partition coefficient (Wildman–Crippen LogP) is 3.57. The number of nitrogens with zero attached hydrogens (tertiary/aromatic N) is 3. The van der Waals surface area contributed by atoms with E-state index in [1.54, 1.807) is 7.11 Å². The van der Waals surface area contributed by atoms with E-state index in [9.17, 15) is 0 Å². The Kier molecular flexibility index (Phi) is 6.59. The van der Waals surface area contributed by atoms with Crippen molar-refractivity contribution in [2.24, 2.45) is 0 Å². The van der Waals surface area contributed by atoms with Crippen LogP contribution in [0, 0.1) is 0 Å². The summed E-state index contributed by atoms with van der Waals surface area (Å²) in [5.41, 5.74) is 1.37. The van der Waals surface area contributed by atoms with Gasteiger partial charge < -0.3 is 10.1 Å². The van der Waals surface area contributed by atoms with Gasteiger partial charge in [0.25, 0.3) is 0 Å². The third-order valence-corrected chi connectivity index (χ3v) is 5.45. The summed E-state index contributed by atoms with van der Waals surface area (Å²) in [6, 6.07) is 9.10. The lowest BCUT2D eigenvalue weighted by Crippen LogP contribution is -2.38. The molecule has 130 valence electrons. The maximum absolute atomic E-state index is 5.07. The summed E-state index contributed by atoms with van der Waals surface area (Å²) < 4.78 is 10.6. The van der Waals surface area contributed by atoms with Crippen molar-refractivity contribution in [3.63, 3.8) is 0 Å². The highest BCUT2D eigenvalue weighted by molar-refractivity contribution is 9.10. The van der Waals surface area contributed by atoms with Crippen LogP contribution in [-0.4, -0.2) is 47.1 Å². The quantitative estimate of drug-likeness (QED) is 0.755. The lowest BCUT2D eigenvalue weighted by Gasteiger charge is -2.32. The smallest absolute Gasteiger partial charge is 0.202 e. The van der Waals surface area contributed by atoms with Crippen LogP contribution in [0.5, 0.6) is 0 Å². The van der Waals surface area contributed by atoms with Crippen LogP contribution < -0.4 is 5.32 Å². The average molecular weight is 411 g/mol. The third kappa shape index (κ3) is 5.24. The average Bonchev–Trinajstić information content (AvgIpc) is 3.04. The number of hydrogen-bond donors (Lipinski definition) is 1. The van der Waals surface area contributed by atoms with Gasteiger partial charge in [0.1, 0.15) is 5.82 Å². The lowest BCUT2D eigenvalue weighted by molar-refractivity contribution is 0.201. The zero-order valence-electron chi connectivity index (χ0n) is 13.9. The van der Waals surface area contributed by atoms with Crippen molar-refractivity contribution in [1.29, 1.82) is 0 Å².